The highest BCUT2D eigenvalue weighted by Crippen LogP contribution is 2.29. The number of carbonyl (C=O) groups is 1. The largest absolute Gasteiger partial charge is 0.491 e. The molecule has 1 aliphatic heterocycles. The van der Waals surface area contributed by atoms with Crippen LogP contribution in [0, 0.1) is 0 Å². The van der Waals surface area contributed by atoms with Gasteiger partial charge in [-0.25, -0.2) is 4.79 Å². The van der Waals surface area contributed by atoms with Crippen LogP contribution in [0.1, 0.15) is 78.1 Å². The minimum Gasteiger partial charge on any atom is -0.491 e. The Morgan fingerprint density at radius 3 is 2.43 bits per heavy atom. The van der Waals surface area contributed by atoms with E-state index in [0.29, 0.717) is 19.8 Å². The van der Waals surface area contributed by atoms with Gasteiger partial charge in [-0.2, -0.15) is 0 Å². The van der Waals surface area contributed by atoms with E-state index >= 15 is 0 Å². The zero-order valence-electron chi connectivity index (χ0n) is 19.2. The SMILES string of the molecule is CCCCCCCOc1ccccc1N(CCCC)C(=O)OCCN1CCCCC1. The van der Waals surface area contributed by atoms with Crippen molar-refractivity contribution in [2.45, 2.75) is 78.1 Å². The molecule has 1 amide bonds. The van der Waals surface area contributed by atoms with Crippen molar-refractivity contribution < 1.29 is 14.3 Å². The third-order valence-corrected chi connectivity index (χ3v) is 5.70. The predicted octanol–water partition coefficient (Wildman–Crippen LogP) is 6.26. The fourth-order valence-electron chi connectivity index (χ4n) is 3.84. The molecule has 1 heterocycles. The Labute approximate surface area is 183 Å². The van der Waals surface area contributed by atoms with E-state index < -0.39 is 0 Å². The number of anilines is 1. The summed E-state index contributed by atoms with van der Waals surface area (Å²) in [6, 6.07) is 7.86. The van der Waals surface area contributed by atoms with Gasteiger partial charge >= 0.3 is 6.09 Å². The third kappa shape index (κ3) is 8.95. The van der Waals surface area contributed by atoms with E-state index in [1.807, 2.05) is 24.3 Å². The number of likely N-dealkylation sites (tertiary alicyclic amines) is 1. The normalized spacial score (nSPS) is 14.5. The lowest BCUT2D eigenvalue weighted by Crippen LogP contribution is -2.37. The number of para-hydroxylation sites is 2. The Morgan fingerprint density at radius 1 is 0.933 bits per heavy atom. The Hall–Kier alpha value is -1.75. The Bertz CT molecular complexity index is 588. The molecule has 1 fully saturated rings. The molecule has 1 aliphatic rings. The van der Waals surface area contributed by atoms with E-state index in [0.717, 1.165) is 50.3 Å². The summed E-state index contributed by atoms with van der Waals surface area (Å²) in [6.07, 6.45) is 11.5. The van der Waals surface area contributed by atoms with Crippen molar-refractivity contribution >= 4 is 11.8 Å². The molecule has 0 saturated carbocycles. The zero-order valence-corrected chi connectivity index (χ0v) is 19.2. The molecule has 30 heavy (non-hydrogen) atoms. The van der Waals surface area contributed by atoms with Crippen LogP contribution in [0.2, 0.25) is 0 Å². The molecule has 0 aliphatic carbocycles. The molecule has 2 rings (SSSR count). The second-order valence-corrected chi connectivity index (χ2v) is 8.25. The second kappa shape index (κ2) is 15.1. The van der Waals surface area contributed by atoms with Gasteiger partial charge in [0.2, 0.25) is 0 Å². The first kappa shape index (κ1) is 24.5. The summed E-state index contributed by atoms with van der Waals surface area (Å²) in [5.41, 5.74) is 0.822. The number of rotatable bonds is 14. The summed E-state index contributed by atoms with van der Waals surface area (Å²) in [5.74, 6) is 0.775. The van der Waals surface area contributed by atoms with Crippen LogP contribution < -0.4 is 9.64 Å². The van der Waals surface area contributed by atoms with Gasteiger partial charge < -0.3 is 9.47 Å². The van der Waals surface area contributed by atoms with Gasteiger partial charge in [0.05, 0.1) is 12.3 Å². The van der Waals surface area contributed by atoms with Crippen molar-refractivity contribution in [1.29, 1.82) is 0 Å². The molecule has 0 radical (unpaired) electrons. The lowest BCUT2D eigenvalue weighted by molar-refractivity contribution is 0.126. The Kier molecular flexibility index (Phi) is 12.4. The molecule has 0 aromatic heterocycles. The molecule has 0 atom stereocenters. The number of hydrogen-bond acceptors (Lipinski definition) is 4. The van der Waals surface area contributed by atoms with Crippen molar-refractivity contribution in [2.24, 2.45) is 0 Å². The summed E-state index contributed by atoms with van der Waals surface area (Å²) in [5, 5.41) is 0. The minimum atomic E-state index is -0.264. The number of ether oxygens (including phenoxy) is 2. The lowest BCUT2D eigenvalue weighted by Gasteiger charge is -2.27. The van der Waals surface area contributed by atoms with Gasteiger partial charge in [-0.1, -0.05) is 64.5 Å². The highest BCUT2D eigenvalue weighted by atomic mass is 16.6. The number of nitrogens with zero attached hydrogens (tertiary/aromatic N) is 2. The van der Waals surface area contributed by atoms with Crippen LogP contribution in [0.3, 0.4) is 0 Å². The second-order valence-electron chi connectivity index (χ2n) is 8.25. The molecule has 0 N–H and O–H groups in total. The molecule has 5 nitrogen and oxygen atoms in total. The van der Waals surface area contributed by atoms with Gasteiger partial charge in [-0.15, -0.1) is 0 Å². The van der Waals surface area contributed by atoms with E-state index in [1.54, 1.807) is 4.90 Å². The van der Waals surface area contributed by atoms with Crippen LogP contribution in [0.4, 0.5) is 10.5 Å². The van der Waals surface area contributed by atoms with Gasteiger partial charge in [0, 0.05) is 13.1 Å². The van der Waals surface area contributed by atoms with Crippen LogP contribution >= 0.6 is 0 Å². The molecule has 170 valence electrons. The number of hydrogen-bond donors (Lipinski definition) is 0. The Morgan fingerprint density at radius 2 is 1.67 bits per heavy atom. The first-order chi connectivity index (χ1) is 14.8. The van der Waals surface area contributed by atoms with E-state index in [2.05, 4.69) is 18.7 Å². The molecule has 1 aromatic rings. The first-order valence-corrected chi connectivity index (χ1v) is 12.1. The smallest absolute Gasteiger partial charge is 0.414 e. The van der Waals surface area contributed by atoms with E-state index in [4.69, 9.17) is 9.47 Å². The van der Waals surface area contributed by atoms with Crippen molar-refractivity contribution in [3.05, 3.63) is 24.3 Å². The summed E-state index contributed by atoms with van der Waals surface area (Å²) < 4.78 is 11.7. The molecular weight excluding hydrogens is 376 g/mol. The number of amides is 1. The van der Waals surface area contributed by atoms with Crippen LogP contribution in [0.25, 0.3) is 0 Å². The van der Waals surface area contributed by atoms with Crippen LogP contribution in [-0.4, -0.2) is 50.4 Å². The lowest BCUT2D eigenvalue weighted by atomic mass is 10.1. The summed E-state index contributed by atoms with van der Waals surface area (Å²) in [6.45, 7) is 9.20. The fraction of sp³-hybridized carbons (Fsp3) is 0.720. The maximum absolute atomic E-state index is 12.9. The fourth-order valence-corrected chi connectivity index (χ4v) is 3.84. The van der Waals surface area contributed by atoms with Gasteiger partial charge in [-0.05, 0) is 50.9 Å². The average Bonchev–Trinajstić information content (AvgIpc) is 2.78. The molecule has 0 spiro atoms. The highest BCUT2D eigenvalue weighted by Gasteiger charge is 2.21. The molecular formula is C25H42N2O3. The monoisotopic (exact) mass is 418 g/mol. The van der Waals surface area contributed by atoms with Crippen LogP contribution in [0.5, 0.6) is 5.75 Å². The maximum atomic E-state index is 12.9. The standard InChI is InChI=1S/C25H42N2O3/c1-3-5-7-8-14-21-29-24-16-11-10-15-23(24)27(19-6-4-2)25(28)30-22-20-26-17-12-9-13-18-26/h10-11,15-16H,3-9,12-14,17-22H2,1-2H3. The first-order valence-electron chi connectivity index (χ1n) is 12.1. The van der Waals surface area contributed by atoms with Crippen molar-refractivity contribution in [2.75, 3.05) is 44.3 Å². The Balaban J connectivity index is 1.91. The van der Waals surface area contributed by atoms with E-state index in [-0.39, 0.29) is 6.09 Å². The molecule has 1 aromatic carbocycles. The summed E-state index contributed by atoms with van der Waals surface area (Å²) in [7, 11) is 0. The zero-order chi connectivity index (χ0) is 21.4. The minimum absolute atomic E-state index is 0.264. The van der Waals surface area contributed by atoms with Gasteiger partial charge in [0.1, 0.15) is 12.4 Å². The molecule has 0 bridgehead atoms. The van der Waals surface area contributed by atoms with Crippen molar-refractivity contribution in [3.63, 3.8) is 0 Å². The van der Waals surface area contributed by atoms with E-state index in [1.165, 1.54) is 44.9 Å². The summed E-state index contributed by atoms with van der Waals surface area (Å²) >= 11 is 0. The van der Waals surface area contributed by atoms with Gasteiger partial charge in [0.15, 0.2) is 0 Å². The summed E-state index contributed by atoms with van der Waals surface area (Å²) in [4.78, 5) is 17.1. The topological polar surface area (TPSA) is 42.0 Å². The van der Waals surface area contributed by atoms with E-state index in [9.17, 15) is 4.79 Å². The predicted molar refractivity (Wildman–Crippen MR) is 125 cm³/mol. The molecule has 0 unspecified atom stereocenters. The van der Waals surface area contributed by atoms with Crippen LogP contribution in [-0.2, 0) is 4.74 Å². The highest BCUT2D eigenvalue weighted by molar-refractivity contribution is 5.89. The molecule has 1 saturated heterocycles. The van der Waals surface area contributed by atoms with Gasteiger partial charge in [-0.3, -0.25) is 9.80 Å². The van der Waals surface area contributed by atoms with Crippen molar-refractivity contribution in [3.8, 4) is 5.75 Å². The quantitative estimate of drug-likeness (QED) is 0.334. The maximum Gasteiger partial charge on any atom is 0.414 e. The number of carbonyl (C=O) groups excluding carboxylic acids is 1. The average molecular weight is 419 g/mol. The molecule has 5 heteroatoms. The number of piperidine rings is 1. The number of unbranched alkanes of at least 4 members (excludes halogenated alkanes) is 5. The number of benzene rings is 1. The van der Waals surface area contributed by atoms with Crippen molar-refractivity contribution in [1.82, 2.24) is 4.90 Å². The van der Waals surface area contributed by atoms with Gasteiger partial charge in [0.25, 0.3) is 0 Å². The van der Waals surface area contributed by atoms with Crippen LogP contribution in [0.15, 0.2) is 24.3 Å². The third-order valence-electron chi connectivity index (χ3n) is 5.70.